The summed E-state index contributed by atoms with van der Waals surface area (Å²) in [6, 6.07) is 9.87. The molecule has 0 saturated heterocycles. The van der Waals surface area contributed by atoms with Gasteiger partial charge < -0.3 is 4.74 Å². The van der Waals surface area contributed by atoms with Gasteiger partial charge in [-0.25, -0.2) is 21.9 Å². The zero-order chi connectivity index (χ0) is 17.0. The lowest BCUT2D eigenvalue weighted by Gasteiger charge is -2.18. The van der Waals surface area contributed by atoms with Crippen molar-refractivity contribution in [3.8, 4) is 0 Å². The van der Waals surface area contributed by atoms with Crippen LogP contribution in [0.3, 0.4) is 0 Å². The van der Waals surface area contributed by atoms with Crippen LogP contribution in [0.15, 0.2) is 47.4 Å². The van der Waals surface area contributed by atoms with Gasteiger partial charge in [-0.1, -0.05) is 24.3 Å². The SMILES string of the molecule is CO[C@@H](CNS(=O)(=O)c1ccc(F)c(F)c1)c1ccccc1C. The minimum absolute atomic E-state index is 0.0251. The van der Waals surface area contributed by atoms with Crippen molar-refractivity contribution in [2.24, 2.45) is 0 Å². The highest BCUT2D eigenvalue weighted by Gasteiger charge is 2.20. The fourth-order valence-electron chi connectivity index (χ4n) is 2.18. The van der Waals surface area contributed by atoms with E-state index in [2.05, 4.69) is 4.72 Å². The molecule has 0 aliphatic carbocycles. The number of halogens is 2. The molecule has 0 heterocycles. The van der Waals surface area contributed by atoms with Crippen LogP contribution < -0.4 is 4.72 Å². The smallest absolute Gasteiger partial charge is 0.240 e. The predicted molar refractivity (Wildman–Crippen MR) is 82.5 cm³/mol. The first-order valence-electron chi connectivity index (χ1n) is 6.88. The fourth-order valence-corrected chi connectivity index (χ4v) is 3.22. The lowest BCUT2D eigenvalue weighted by atomic mass is 10.0. The molecule has 2 aromatic carbocycles. The second kappa shape index (κ2) is 7.16. The quantitative estimate of drug-likeness (QED) is 0.879. The Morgan fingerprint density at radius 3 is 2.43 bits per heavy atom. The fraction of sp³-hybridized carbons (Fsp3) is 0.250. The van der Waals surface area contributed by atoms with Crippen LogP contribution in [0.2, 0.25) is 0 Å². The number of nitrogens with one attached hydrogen (secondary N) is 1. The maximum Gasteiger partial charge on any atom is 0.240 e. The molecule has 124 valence electrons. The van der Waals surface area contributed by atoms with Gasteiger partial charge in [0.2, 0.25) is 10.0 Å². The molecular formula is C16H17F2NO3S. The number of methoxy groups -OCH3 is 1. The van der Waals surface area contributed by atoms with Gasteiger partial charge in [-0.15, -0.1) is 0 Å². The van der Waals surface area contributed by atoms with Gasteiger partial charge >= 0.3 is 0 Å². The molecule has 0 unspecified atom stereocenters. The van der Waals surface area contributed by atoms with Crippen molar-refractivity contribution in [3.63, 3.8) is 0 Å². The Bertz CT molecular complexity index is 794. The minimum atomic E-state index is -3.96. The molecule has 23 heavy (non-hydrogen) atoms. The largest absolute Gasteiger partial charge is 0.375 e. The van der Waals surface area contributed by atoms with Crippen molar-refractivity contribution in [3.05, 3.63) is 65.2 Å². The van der Waals surface area contributed by atoms with Gasteiger partial charge in [0.1, 0.15) is 0 Å². The van der Waals surface area contributed by atoms with Gasteiger partial charge in [0.05, 0.1) is 11.0 Å². The molecule has 1 N–H and O–H groups in total. The number of sulfonamides is 1. The molecule has 0 saturated carbocycles. The van der Waals surface area contributed by atoms with Gasteiger partial charge in [-0.05, 0) is 36.2 Å². The van der Waals surface area contributed by atoms with Gasteiger partial charge in [0, 0.05) is 13.7 Å². The van der Waals surface area contributed by atoms with Crippen molar-refractivity contribution in [2.75, 3.05) is 13.7 Å². The first-order valence-corrected chi connectivity index (χ1v) is 8.36. The molecule has 7 heteroatoms. The van der Waals surface area contributed by atoms with E-state index in [-0.39, 0.29) is 11.4 Å². The standard InChI is InChI=1S/C16H17F2NO3S/c1-11-5-3-4-6-13(11)16(22-2)10-19-23(20,21)12-7-8-14(17)15(18)9-12/h3-9,16,19H,10H2,1-2H3/t16-/m0/s1. The third kappa shape index (κ3) is 4.13. The van der Waals surface area contributed by atoms with Gasteiger partial charge in [0.25, 0.3) is 0 Å². The molecular weight excluding hydrogens is 324 g/mol. The summed E-state index contributed by atoms with van der Waals surface area (Å²) in [6.07, 6.45) is -0.490. The first-order chi connectivity index (χ1) is 10.8. The average molecular weight is 341 g/mol. The molecule has 0 aromatic heterocycles. The second-order valence-corrected chi connectivity index (χ2v) is 6.78. The van der Waals surface area contributed by atoms with E-state index in [0.717, 1.165) is 23.3 Å². The summed E-state index contributed by atoms with van der Waals surface area (Å²) >= 11 is 0. The normalized spacial score (nSPS) is 13.0. The zero-order valence-electron chi connectivity index (χ0n) is 12.7. The monoisotopic (exact) mass is 341 g/mol. The Hall–Kier alpha value is -1.83. The lowest BCUT2D eigenvalue weighted by Crippen LogP contribution is -2.29. The molecule has 2 rings (SSSR count). The Labute approximate surface area is 134 Å². The molecule has 4 nitrogen and oxygen atoms in total. The highest BCUT2D eigenvalue weighted by Crippen LogP contribution is 2.21. The van der Waals surface area contributed by atoms with E-state index < -0.39 is 27.8 Å². The summed E-state index contributed by atoms with van der Waals surface area (Å²) in [5, 5.41) is 0. The summed E-state index contributed by atoms with van der Waals surface area (Å²) < 4.78 is 58.2. The minimum Gasteiger partial charge on any atom is -0.375 e. The second-order valence-electron chi connectivity index (χ2n) is 5.01. The summed E-state index contributed by atoms with van der Waals surface area (Å²) in [6.45, 7) is 1.87. The molecule has 2 aromatic rings. The van der Waals surface area contributed by atoms with Crippen LogP contribution in [-0.2, 0) is 14.8 Å². The number of rotatable bonds is 6. The summed E-state index contributed by atoms with van der Waals surface area (Å²) in [5.41, 5.74) is 1.81. The Kier molecular flexibility index (Phi) is 5.46. The van der Waals surface area contributed by atoms with E-state index in [4.69, 9.17) is 4.74 Å². The van der Waals surface area contributed by atoms with E-state index in [1.54, 1.807) is 0 Å². The van der Waals surface area contributed by atoms with Crippen LogP contribution >= 0.6 is 0 Å². The molecule has 0 aliphatic rings. The molecule has 0 bridgehead atoms. The molecule has 0 amide bonds. The Balaban J connectivity index is 2.17. The molecule has 0 fully saturated rings. The van der Waals surface area contributed by atoms with Crippen LogP contribution in [-0.4, -0.2) is 22.1 Å². The molecule has 0 aliphatic heterocycles. The molecule has 0 spiro atoms. The number of aryl methyl sites for hydroxylation is 1. The molecule has 0 radical (unpaired) electrons. The Morgan fingerprint density at radius 1 is 1.13 bits per heavy atom. The number of ether oxygens (including phenoxy) is 1. The predicted octanol–water partition coefficient (Wildman–Crippen LogP) is 2.94. The van der Waals surface area contributed by atoms with Crippen molar-refractivity contribution in [1.29, 1.82) is 0 Å². The number of hydrogen-bond acceptors (Lipinski definition) is 3. The van der Waals surface area contributed by atoms with Crippen molar-refractivity contribution in [1.82, 2.24) is 4.72 Å². The van der Waals surface area contributed by atoms with E-state index in [0.29, 0.717) is 6.07 Å². The van der Waals surface area contributed by atoms with Crippen LogP contribution in [0.5, 0.6) is 0 Å². The first kappa shape index (κ1) is 17.5. The van der Waals surface area contributed by atoms with E-state index >= 15 is 0 Å². The summed E-state index contributed by atoms with van der Waals surface area (Å²) in [4.78, 5) is -0.337. The highest BCUT2D eigenvalue weighted by atomic mass is 32.2. The number of benzene rings is 2. The zero-order valence-corrected chi connectivity index (χ0v) is 13.5. The van der Waals surface area contributed by atoms with Crippen molar-refractivity contribution >= 4 is 10.0 Å². The average Bonchev–Trinajstić information content (AvgIpc) is 2.52. The van der Waals surface area contributed by atoms with Crippen LogP contribution in [0.1, 0.15) is 17.2 Å². The number of hydrogen-bond donors (Lipinski definition) is 1. The van der Waals surface area contributed by atoms with Crippen molar-refractivity contribution < 1.29 is 21.9 Å². The third-order valence-corrected chi connectivity index (χ3v) is 4.90. The molecule has 1 atom stereocenters. The topological polar surface area (TPSA) is 55.4 Å². The Morgan fingerprint density at radius 2 is 1.83 bits per heavy atom. The maximum atomic E-state index is 13.2. The maximum absolute atomic E-state index is 13.2. The van der Waals surface area contributed by atoms with Gasteiger partial charge in [-0.3, -0.25) is 0 Å². The lowest BCUT2D eigenvalue weighted by molar-refractivity contribution is 0.107. The van der Waals surface area contributed by atoms with E-state index in [1.807, 2.05) is 31.2 Å². The summed E-state index contributed by atoms with van der Waals surface area (Å²) in [7, 11) is -2.49. The van der Waals surface area contributed by atoms with Crippen LogP contribution in [0.25, 0.3) is 0 Å². The third-order valence-electron chi connectivity index (χ3n) is 3.48. The van der Waals surface area contributed by atoms with E-state index in [1.165, 1.54) is 7.11 Å². The highest BCUT2D eigenvalue weighted by molar-refractivity contribution is 7.89. The van der Waals surface area contributed by atoms with Crippen LogP contribution in [0, 0.1) is 18.6 Å². The van der Waals surface area contributed by atoms with E-state index in [9.17, 15) is 17.2 Å². The van der Waals surface area contributed by atoms with Gasteiger partial charge in [0.15, 0.2) is 11.6 Å². The van der Waals surface area contributed by atoms with Crippen LogP contribution in [0.4, 0.5) is 8.78 Å². The summed E-state index contributed by atoms with van der Waals surface area (Å²) in [5.74, 6) is -2.31. The van der Waals surface area contributed by atoms with Crippen molar-refractivity contribution in [2.45, 2.75) is 17.9 Å². The van der Waals surface area contributed by atoms with Gasteiger partial charge in [-0.2, -0.15) is 0 Å².